The maximum absolute atomic E-state index is 12.9. The lowest BCUT2D eigenvalue weighted by molar-refractivity contribution is 0.627. The van der Waals surface area contributed by atoms with E-state index >= 15 is 0 Å². The minimum absolute atomic E-state index is 0.242. The SMILES string of the molecule is Cc1cc(F)ccc1Nc1ccc(N)cn1. The highest BCUT2D eigenvalue weighted by molar-refractivity contribution is 5.61. The third kappa shape index (κ3) is 2.28. The second kappa shape index (κ2) is 4.18. The summed E-state index contributed by atoms with van der Waals surface area (Å²) < 4.78 is 12.9. The quantitative estimate of drug-likeness (QED) is 0.813. The average molecular weight is 217 g/mol. The lowest BCUT2D eigenvalue weighted by Crippen LogP contribution is -1.96. The molecule has 0 aliphatic rings. The fourth-order valence-corrected chi connectivity index (χ4v) is 1.38. The minimum Gasteiger partial charge on any atom is -0.397 e. The van der Waals surface area contributed by atoms with E-state index in [-0.39, 0.29) is 5.82 Å². The molecule has 16 heavy (non-hydrogen) atoms. The van der Waals surface area contributed by atoms with Gasteiger partial charge < -0.3 is 11.1 Å². The molecule has 0 atom stereocenters. The van der Waals surface area contributed by atoms with E-state index in [4.69, 9.17) is 5.73 Å². The summed E-state index contributed by atoms with van der Waals surface area (Å²) >= 11 is 0. The number of nitrogens with two attached hydrogens (primary N) is 1. The van der Waals surface area contributed by atoms with Gasteiger partial charge in [-0.15, -0.1) is 0 Å². The number of hydrogen-bond acceptors (Lipinski definition) is 3. The van der Waals surface area contributed by atoms with E-state index in [0.717, 1.165) is 11.3 Å². The molecule has 2 rings (SSSR count). The molecule has 2 aromatic rings. The predicted molar refractivity (Wildman–Crippen MR) is 63.1 cm³/mol. The number of benzene rings is 1. The van der Waals surface area contributed by atoms with Crippen LogP contribution in [0.1, 0.15) is 5.56 Å². The Labute approximate surface area is 93.1 Å². The van der Waals surface area contributed by atoms with Crippen LogP contribution in [0.15, 0.2) is 36.5 Å². The van der Waals surface area contributed by atoms with Crippen molar-refractivity contribution in [3.05, 3.63) is 47.9 Å². The standard InChI is InChI=1S/C12H12FN3/c1-8-6-9(13)2-4-11(8)16-12-5-3-10(14)7-15-12/h2-7H,14H2,1H3,(H,15,16). The number of nitrogens with one attached hydrogen (secondary N) is 1. The first-order chi connectivity index (χ1) is 7.65. The Morgan fingerprint density at radius 1 is 1.25 bits per heavy atom. The summed E-state index contributed by atoms with van der Waals surface area (Å²) in [6, 6.07) is 8.10. The Morgan fingerprint density at radius 3 is 2.69 bits per heavy atom. The number of rotatable bonds is 2. The van der Waals surface area contributed by atoms with Crippen LogP contribution < -0.4 is 11.1 Å². The monoisotopic (exact) mass is 217 g/mol. The molecule has 1 heterocycles. The fourth-order valence-electron chi connectivity index (χ4n) is 1.38. The molecule has 4 heteroatoms. The number of hydrogen-bond donors (Lipinski definition) is 2. The molecule has 1 aromatic heterocycles. The van der Waals surface area contributed by atoms with Crippen LogP contribution in [0.25, 0.3) is 0 Å². The van der Waals surface area contributed by atoms with Crippen molar-refractivity contribution >= 4 is 17.2 Å². The van der Waals surface area contributed by atoms with Gasteiger partial charge in [-0.25, -0.2) is 9.37 Å². The Hall–Kier alpha value is -2.10. The summed E-state index contributed by atoms with van der Waals surface area (Å²) in [4.78, 5) is 4.11. The third-order valence-electron chi connectivity index (χ3n) is 2.24. The molecule has 3 N–H and O–H groups in total. The molecular weight excluding hydrogens is 205 g/mol. The zero-order valence-corrected chi connectivity index (χ0v) is 8.87. The largest absolute Gasteiger partial charge is 0.397 e. The first kappa shape index (κ1) is 10.4. The van der Waals surface area contributed by atoms with Gasteiger partial charge in [0, 0.05) is 5.69 Å². The first-order valence-electron chi connectivity index (χ1n) is 4.90. The number of nitrogen functional groups attached to an aromatic ring is 1. The summed E-state index contributed by atoms with van der Waals surface area (Å²) in [5.41, 5.74) is 7.81. The molecule has 0 fully saturated rings. The lowest BCUT2D eigenvalue weighted by atomic mass is 10.2. The van der Waals surface area contributed by atoms with Gasteiger partial charge in [0.05, 0.1) is 11.9 Å². The Bertz CT molecular complexity index is 494. The van der Waals surface area contributed by atoms with Crippen molar-refractivity contribution in [3.8, 4) is 0 Å². The minimum atomic E-state index is -0.242. The number of aromatic nitrogens is 1. The number of anilines is 3. The molecule has 0 saturated heterocycles. The highest BCUT2D eigenvalue weighted by atomic mass is 19.1. The van der Waals surface area contributed by atoms with Crippen molar-refractivity contribution in [1.82, 2.24) is 4.98 Å². The fraction of sp³-hybridized carbons (Fsp3) is 0.0833. The van der Waals surface area contributed by atoms with Crippen molar-refractivity contribution in [2.45, 2.75) is 6.92 Å². The maximum Gasteiger partial charge on any atom is 0.130 e. The van der Waals surface area contributed by atoms with E-state index in [1.54, 1.807) is 24.4 Å². The van der Waals surface area contributed by atoms with Crippen molar-refractivity contribution in [3.63, 3.8) is 0 Å². The van der Waals surface area contributed by atoms with Crippen LogP contribution in [0, 0.1) is 12.7 Å². The molecule has 82 valence electrons. The zero-order valence-electron chi connectivity index (χ0n) is 8.87. The summed E-state index contributed by atoms with van der Waals surface area (Å²) in [6.45, 7) is 1.84. The van der Waals surface area contributed by atoms with E-state index in [2.05, 4.69) is 10.3 Å². The van der Waals surface area contributed by atoms with E-state index in [1.165, 1.54) is 12.1 Å². The van der Waals surface area contributed by atoms with Gasteiger partial charge in [0.1, 0.15) is 11.6 Å². The number of pyridine rings is 1. The topological polar surface area (TPSA) is 50.9 Å². The van der Waals surface area contributed by atoms with Crippen LogP contribution in [0.2, 0.25) is 0 Å². The highest BCUT2D eigenvalue weighted by Gasteiger charge is 2.00. The Balaban J connectivity index is 2.23. The molecule has 1 aromatic carbocycles. The van der Waals surface area contributed by atoms with Crippen LogP contribution in [-0.2, 0) is 0 Å². The van der Waals surface area contributed by atoms with Gasteiger partial charge in [0.25, 0.3) is 0 Å². The van der Waals surface area contributed by atoms with Gasteiger partial charge >= 0.3 is 0 Å². The number of nitrogens with zero attached hydrogens (tertiary/aromatic N) is 1. The molecule has 0 aliphatic carbocycles. The molecular formula is C12H12FN3. The number of aryl methyl sites for hydroxylation is 1. The molecule has 3 nitrogen and oxygen atoms in total. The molecule has 0 bridgehead atoms. The molecule has 0 unspecified atom stereocenters. The summed E-state index contributed by atoms with van der Waals surface area (Å²) in [7, 11) is 0. The molecule has 0 saturated carbocycles. The van der Waals surface area contributed by atoms with Gasteiger partial charge in [0.2, 0.25) is 0 Å². The van der Waals surface area contributed by atoms with Crippen LogP contribution in [0.4, 0.5) is 21.6 Å². The van der Waals surface area contributed by atoms with Crippen LogP contribution >= 0.6 is 0 Å². The van der Waals surface area contributed by atoms with E-state index in [0.29, 0.717) is 11.5 Å². The van der Waals surface area contributed by atoms with E-state index in [1.807, 2.05) is 6.92 Å². The summed E-state index contributed by atoms with van der Waals surface area (Å²) in [6.07, 6.45) is 1.57. The van der Waals surface area contributed by atoms with Crippen molar-refractivity contribution < 1.29 is 4.39 Å². The molecule has 0 spiro atoms. The summed E-state index contributed by atoms with van der Waals surface area (Å²) in [5, 5.41) is 3.09. The van der Waals surface area contributed by atoms with Gasteiger partial charge in [-0.2, -0.15) is 0 Å². The zero-order chi connectivity index (χ0) is 11.5. The van der Waals surface area contributed by atoms with Gasteiger partial charge in [-0.1, -0.05) is 0 Å². The van der Waals surface area contributed by atoms with Crippen LogP contribution in [0.5, 0.6) is 0 Å². The summed E-state index contributed by atoms with van der Waals surface area (Å²) in [5.74, 6) is 0.442. The van der Waals surface area contributed by atoms with E-state index in [9.17, 15) is 4.39 Å². The number of halogens is 1. The van der Waals surface area contributed by atoms with Crippen molar-refractivity contribution in [1.29, 1.82) is 0 Å². The van der Waals surface area contributed by atoms with Gasteiger partial charge in [-0.3, -0.25) is 0 Å². The smallest absolute Gasteiger partial charge is 0.130 e. The molecule has 0 radical (unpaired) electrons. The van der Waals surface area contributed by atoms with Gasteiger partial charge in [0.15, 0.2) is 0 Å². The van der Waals surface area contributed by atoms with Crippen molar-refractivity contribution in [2.75, 3.05) is 11.1 Å². The van der Waals surface area contributed by atoms with Gasteiger partial charge in [-0.05, 0) is 42.8 Å². The van der Waals surface area contributed by atoms with Crippen LogP contribution in [-0.4, -0.2) is 4.98 Å². The van der Waals surface area contributed by atoms with Crippen molar-refractivity contribution in [2.24, 2.45) is 0 Å². The first-order valence-corrected chi connectivity index (χ1v) is 4.90. The molecule has 0 aliphatic heterocycles. The highest BCUT2D eigenvalue weighted by Crippen LogP contribution is 2.20. The normalized spacial score (nSPS) is 10.1. The second-order valence-corrected chi connectivity index (χ2v) is 3.56. The maximum atomic E-state index is 12.9. The second-order valence-electron chi connectivity index (χ2n) is 3.56. The van der Waals surface area contributed by atoms with E-state index < -0.39 is 0 Å². The third-order valence-corrected chi connectivity index (χ3v) is 2.24. The predicted octanol–water partition coefficient (Wildman–Crippen LogP) is 2.85. The lowest BCUT2D eigenvalue weighted by Gasteiger charge is -2.08. The molecule has 0 amide bonds. The average Bonchev–Trinajstić information content (AvgIpc) is 2.25. The Kier molecular flexibility index (Phi) is 2.72. The van der Waals surface area contributed by atoms with Crippen LogP contribution in [0.3, 0.4) is 0 Å². The Morgan fingerprint density at radius 2 is 2.06 bits per heavy atom.